The van der Waals surface area contributed by atoms with Crippen LogP contribution < -0.4 is 10.1 Å². The van der Waals surface area contributed by atoms with E-state index in [0.29, 0.717) is 30.6 Å². The number of aryl methyl sites for hydroxylation is 3. The normalized spacial score (nSPS) is 10.9. The van der Waals surface area contributed by atoms with Crippen molar-refractivity contribution in [3.63, 3.8) is 0 Å². The second-order valence-electron chi connectivity index (χ2n) is 7.04. The van der Waals surface area contributed by atoms with Gasteiger partial charge in [-0.2, -0.15) is 13.9 Å². The summed E-state index contributed by atoms with van der Waals surface area (Å²) in [6.45, 7) is 4.71. The highest BCUT2D eigenvalue weighted by atomic mass is 19.2. The minimum Gasteiger partial charge on any atom is -0.483 e. The molecule has 0 aliphatic carbocycles. The summed E-state index contributed by atoms with van der Waals surface area (Å²) in [7, 11) is 0. The summed E-state index contributed by atoms with van der Waals surface area (Å²) in [5.41, 5.74) is 2.86. The van der Waals surface area contributed by atoms with Crippen molar-refractivity contribution in [1.29, 1.82) is 0 Å². The third kappa shape index (κ3) is 5.42. The molecule has 0 saturated heterocycles. The zero-order valence-corrected chi connectivity index (χ0v) is 17.0. The lowest BCUT2D eigenvalue weighted by molar-refractivity contribution is 0.0952. The van der Waals surface area contributed by atoms with Gasteiger partial charge in [0.2, 0.25) is 11.6 Å². The zero-order chi connectivity index (χ0) is 22.5. The van der Waals surface area contributed by atoms with Gasteiger partial charge in [0.25, 0.3) is 5.91 Å². The molecule has 31 heavy (non-hydrogen) atoms. The Balaban J connectivity index is 1.51. The molecular weight excluding hydrogens is 414 g/mol. The lowest BCUT2D eigenvalue weighted by Gasteiger charge is -2.10. The van der Waals surface area contributed by atoms with Gasteiger partial charge in [-0.15, -0.1) is 0 Å². The Kier molecular flexibility index (Phi) is 6.94. The van der Waals surface area contributed by atoms with Gasteiger partial charge < -0.3 is 10.1 Å². The van der Waals surface area contributed by atoms with Crippen LogP contribution >= 0.6 is 0 Å². The zero-order valence-electron chi connectivity index (χ0n) is 17.0. The molecule has 0 spiro atoms. The van der Waals surface area contributed by atoms with Crippen molar-refractivity contribution in [1.82, 2.24) is 15.1 Å². The van der Waals surface area contributed by atoms with Crippen LogP contribution in [0.2, 0.25) is 0 Å². The fourth-order valence-electron chi connectivity index (χ4n) is 3.02. The van der Waals surface area contributed by atoms with Crippen LogP contribution in [0.3, 0.4) is 0 Å². The Morgan fingerprint density at radius 2 is 1.68 bits per heavy atom. The van der Waals surface area contributed by atoms with E-state index >= 15 is 0 Å². The first-order chi connectivity index (χ1) is 14.8. The van der Waals surface area contributed by atoms with Gasteiger partial charge in [0.05, 0.1) is 5.69 Å². The van der Waals surface area contributed by atoms with Gasteiger partial charge in [-0.05, 0) is 44.0 Å². The minimum atomic E-state index is -1.60. The molecule has 5 nitrogen and oxygen atoms in total. The summed E-state index contributed by atoms with van der Waals surface area (Å²) in [5.74, 6) is -7.68. The predicted molar refractivity (Wildman–Crippen MR) is 106 cm³/mol. The lowest BCUT2D eigenvalue weighted by Crippen LogP contribution is -2.25. The fourth-order valence-corrected chi connectivity index (χ4v) is 3.02. The van der Waals surface area contributed by atoms with E-state index in [9.17, 15) is 22.4 Å². The van der Waals surface area contributed by atoms with Gasteiger partial charge in [-0.25, -0.2) is 8.78 Å². The van der Waals surface area contributed by atoms with E-state index in [-0.39, 0.29) is 18.6 Å². The summed E-state index contributed by atoms with van der Waals surface area (Å²) in [6.07, 6.45) is 0.709. The number of nitrogens with zero attached hydrogens (tertiary/aromatic N) is 2. The van der Waals surface area contributed by atoms with E-state index < -0.39 is 29.0 Å². The number of amides is 1. The number of benzene rings is 2. The average molecular weight is 435 g/mol. The Bertz CT molecular complexity index is 1060. The highest BCUT2D eigenvalue weighted by molar-refractivity contribution is 5.94. The number of hydrogen-bond acceptors (Lipinski definition) is 3. The van der Waals surface area contributed by atoms with E-state index in [1.165, 1.54) is 24.3 Å². The number of carbonyl (C=O) groups excluding carboxylic acids is 1. The number of hydrogen-bond donors (Lipinski definition) is 1. The van der Waals surface area contributed by atoms with Crippen molar-refractivity contribution in [2.45, 2.75) is 33.4 Å². The molecule has 1 N–H and O–H groups in total. The fraction of sp³-hybridized carbons (Fsp3) is 0.273. The molecule has 0 aliphatic heterocycles. The number of nitrogens with one attached hydrogen (secondary N) is 1. The first-order valence-corrected chi connectivity index (χ1v) is 9.60. The second kappa shape index (κ2) is 9.63. The maximum atomic E-state index is 13.6. The van der Waals surface area contributed by atoms with Gasteiger partial charge >= 0.3 is 0 Å². The summed E-state index contributed by atoms with van der Waals surface area (Å²) in [5, 5.41) is 7.16. The molecule has 0 unspecified atom stereocenters. The third-order valence-corrected chi connectivity index (χ3v) is 4.61. The van der Waals surface area contributed by atoms with Gasteiger partial charge in [-0.1, -0.05) is 12.1 Å². The number of carbonyl (C=O) groups is 1. The summed E-state index contributed by atoms with van der Waals surface area (Å²) >= 11 is 0. The minimum absolute atomic E-state index is 0.113. The van der Waals surface area contributed by atoms with Gasteiger partial charge in [-0.3, -0.25) is 9.48 Å². The topological polar surface area (TPSA) is 56.2 Å². The number of aromatic nitrogens is 2. The molecule has 0 atom stereocenters. The predicted octanol–water partition coefficient (Wildman–Crippen LogP) is 4.46. The third-order valence-electron chi connectivity index (χ3n) is 4.61. The van der Waals surface area contributed by atoms with E-state index in [0.717, 1.165) is 11.4 Å². The van der Waals surface area contributed by atoms with Crippen LogP contribution in [0.15, 0.2) is 36.4 Å². The summed E-state index contributed by atoms with van der Waals surface area (Å²) in [4.78, 5) is 12.2. The maximum absolute atomic E-state index is 13.6. The van der Waals surface area contributed by atoms with Crippen LogP contribution in [0.1, 0.15) is 33.7 Å². The number of ether oxygens (including phenoxy) is 1. The van der Waals surface area contributed by atoms with Gasteiger partial charge in [0.1, 0.15) is 6.61 Å². The molecule has 1 aromatic heterocycles. The van der Waals surface area contributed by atoms with Gasteiger partial charge in [0, 0.05) is 30.4 Å². The molecule has 3 rings (SSSR count). The molecular formula is C22H21F4N3O2. The van der Waals surface area contributed by atoms with Crippen LogP contribution in [0.5, 0.6) is 5.75 Å². The Morgan fingerprint density at radius 3 is 2.26 bits per heavy atom. The molecule has 2 aromatic carbocycles. The van der Waals surface area contributed by atoms with Crippen LogP contribution in [-0.2, 0) is 13.2 Å². The Morgan fingerprint density at radius 1 is 1.03 bits per heavy atom. The average Bonchev–Trinajstić information content (AvgIpc) is 3.07. The van der Waals surface area contributed by atoms with Crippen molar-refractivity contribution in [2.24, 2.45) is 0 Å². The van der Waals surface area contributed by atoms with E-state index in [1.807, 2.05) is 24.6 Å². The lowest BCUT2D eigenvalue weighted by atomic mass is 10.1. The quantitative estimate of drug-likeness (QED) is 0.323. The standard InChI is InChI=1S/C22H21F4N3O2/c1-13-10-14(2)29(28-13)9-3-8-27-22(30)16-6-4-15(5-7-16)12-31-21-19(25)17(23)11-18(24)20(21)26/h4-7,10-11H,3,8-9,12H2,1-2H3,(H,27,30). The molecule has 9 heteroatoms. The van der Waals surface area contributed by atoms with Gasteiger partial charge in [0.15, 0.2) is 17.4 Å². The summed E-state index contributed by atoms with van der Waals surface area (Å²) < 4.78 is 60.5. The van der Waals surface area contributed by atoms with Crippen molar-refractivity contribution >= 4 is 5.91 Å². The van der Waals surface area contributed by atoms with Crippen LogP contribution in [0, 0.1) is 37.1 Å². The SMILES string of the molecule is Cc1cc(C)n(CCCNC(=O)c2ccc(COc3c(F)c(F)cc(F)c3F)cc2)n1. The van der Waals surface area contributed by atoms with E-state index in [1.54, 1.807) is 0 Å². The van der Waals surface area contributed by atoms with Crippen LogP contribution in [0.25, 0.3) is 0 Å². The van der Waals surface area contributed by atoms with Crippen LogP contribution in [-0.4, -0.2) is 22.2 Å². The first-order valence-electron chi connectivity index (χ1n) is 9.60. The molecule has 0 bridgehead atoms. The van der Waals surface area contributed by atoms with Crippen molar-refractivity contribution in [3.05, 3.63) is 82.2 Å². The van der Waals surface area contributed by atoms with Crippen molar-refractivity contribution in [3.8, 4) is 5.75 Å². The monoisotopic (exact) mass is 435 g/mol. The molecule has 164 valence electrons. The number of halogens is 4. The second-order valence-corrected chi connectivity index (χ2v) is 7.04. The largest absolute Gasteiger partial charge is 0.483 e. The van der Waals surface area contributed by atoms with E-state index in [4.69, 9.17) is 4.74 Å². The Labute approximate surface area is 176 Å². The molecule has 3 aromatic rings. The molecule has 0 aliphatic rings. The van der Waals surface area contributed by atoms with Crippen molar-refractivity contribution in [2.75, 3.05) is 6.54 Å². The Hall–Kier alpha value is -3.36. The first kappa shape index (κ1) is 22.3. The molecule has 0 saturated carbocycles. The van der Waals surface area contributed by atoms with E-state index in [2.05, 4.69) is 10.4 Å². The molecule has 0 radical (unpaired) electrons. The molecule has 0 fully saturated rings. The highest BCUT2D eigenvalue weighted by Gasteiger charge is 2.20. The van der Waals surface area contributed by atoms with Crippen LogP contribution in [0.4, 0.5) is 17.6 Å². The molecule has 1 heterocycles. The summed E-state index contributed by atoms with van der Waals surface area (Å²) in [6, 6.07) is 8.19. The van der Waals surface area contributed by atoms with Crippen molar-refractivity contribution < 1.29 is 27.1 Å². The highest BCUT2D eigenvalue weighted by Crippen LogP contribution is 2.27. The number of rotatable bonds is 8. The maximum Gasteiger partial charge on any atom is 0.251 e. The smallest absolute Gasteiger partial charge is 0.251 e. The molecule has 1 amide bonds.